The summed E-state index contributed by atoms with van der Waals surface area (Å²) in [6.45, 7) is 1.57. The quantitative estimate of drug-likeness (QED) is 0.250. The van der Waals surface area contributed by atoms with Gasteiger partial charge < -0.3 is 47.4 Å². The minimum atomic E-state index is -0.670. The Kier molecular flexibility index (Phi) is 11.2. The topological polar surface area (TPSA) is 92.3 Å². The van der Waals surface area contributed by atoms with E-state index in [1.54, 1.807) is 28.4 Å². The summed E-state index contributed by atoms with van der Waals surface area (Å²) in [5.41, 5.74) is 2.98. The van der Waals surface area contributed by atoms with Crippen LogP contribution in [0.2, 0.25) is 0 Å². The monoisotopic (exact) mass is 596 g/mol. The van der Waals surface area contributed by atoms with E-state index < -0.39 is 37.0 Å². The van der Waals surface area contributed by atoms with Crippen LogP contribution in [-0.2, 0) is 53.0 Å². The Labute approximate surface area is 252 Å². The Morgan fingerprint density at radius 1 is 0.535 bits per heavy atom. The Morgan fingerprint density at radius 2 is 1.02 bits per heavy atom. The summed E-state index contributed by atoms with van der Waals surface area (Å²) in [6.07, 6.45) is -3.33. The third-order valence-electron chi connectivity index (χ3n) is 7.40. The lowest BCUT2D eigenvalue weighted by Crippen LogP contribution is -2.59. The van der Waals surface area contributed by atoms with E-state index in [9.17, 15) is 0 Å². The van der Waals surface area contributed by atoms with E-state index in [-0.39, 0.29) is 13.2 Å². The highest BCUT2D eigenvalue weighted by Gasteiger charge is 2.53. The van der Waals surface area contributed by atoms with Crippen molar-refractivity contribution in [2.75, 3.05) is 41.7 Å². The maximum atomic E-state index is 6.56. The van der Waals surface area contributed by atoms with Gasteiger partial charge in [-0.25, -0.2) is 0 Å². The first-order valence-corrected chi connectivity index (χ1v) is 14.2. The van der Waals surface area contributed by atoms with Crippen LogP contribution in [0.1, 0.15) is 16.7 Å². The summed E-state index contributed by atoms with van der Waals surface area (Å²) >= 11 is 0. The maximum Gasteiger partial charge on any atom is 0.190 e. The zero-order valence-electron chi connectivity index (χ0n) is 25.0. The minimum Gasteiger partial charge on any atom is -0.497 e. The van der Waals surface area contributed by atoms with Gasteiger partial charge >= 0.3 is 0 Å². The van der Waals surface area contributed by atoms with E-state index in [1.165, 1.54) is 0 Å². The first-order valence-electron chi connectivity index (χ1n) is 14.2. The number of fused-ring (bicyclic) bond motifs is 1. The highest BCUT2D eigenvalue weighted by Crippen LogP contribution is 2.36. The standard InChI is InChI=1S/C33H40O10/c1-34-21-29-42-32-31(40-19-24-9-15-27(37-4)16-10-24)30(39-18-23-7-13-26(36-3)14-8-23)28(41-33(32)43-29)20-38-17-22-5-11-25(35-2)12-6-22/h5-16,28-33H,17-21H2,1-4H3/t28-,29?,30-,31+,32-,33-/m1/s1. The lowest BCUT2D eigenvalue weighted by Gasteiger charge is -2.42. The van der Waals surface area contributed by atoms with E-state index in [0.717, 1.165) is 33.9 Å². The molecule has 0 spiro atoms. The van der Waals surface area contributed by atoms with Crippen molar-refractivity contribution in [3.05, 3.63) is 89.5 Å². The lowest BCUT2D eigenvalue weighted by molar-refractivity contribution is -0.278. The summed E-state index contributed by atoms with van der Waals surface area (Å²) in [7, 11) is 6.53. The van der Waals surface area contributed by atoms with Crippen LogP contribution in [0, 0.1) is 0 Å². The maximum absolute atomic E-state index is 6.56. The van der Waals surface area contributed by atoms with Gasteiger partial charge in [-0.1, -0.05) is 36.4 Å². The third-order valence-corrected chi connectivity index (χ3v) is 7.40. The van der Waals surface area contributed by atoms with Crippen LogP contribution < -0.4 is 14.2 Å². The summed E-state index contributed by atoms with van der Waals surface area (Å²) in [5.74, 6) is 2.34. The molecule has 2 aliphatic heterocycles. The molecule has 3 aromatic rings. The van der Waals surface area contributed by atoms with E-state index in [4.69, 9.17) is 47.4 Å². The first kappa shape index (κ1) is 31.2. The molecule has 10 nitrogen and oxygen atoms in total. The summed E-state index contributed by atoms with van der Waals surface area (Å²) in [4.78, 5) is 0. The van der Waals surface area contributed by atoms with Crippen molar-refractivity contribution in [3.63, 3.8) is 0 Å². The van der Waals surface area contributed by atoms with Gasteiger partial charge in [0.1, 0.15) is 41.7 Å². The summed E-state index contributed by atoms with van der Waals surface area (Å²) in [6, 6.07) is 23.3. The van der Waals surface area contributed by atoms with Crippen molar-refractivity contribution in [1.29, 1.82) is 0 Å². The van der Waals surface area contributed by atoms with Crippen LogP contribution in [0.3, 0.4) is 0 Å². The van der Waals surface area contributed by atoms with Crippen molar-refractivity contribution in [2.45, 2.75) is 56.8 Å². The average Bonchev–Trinajstić information content (AvgIpc) is 3.46. The molecule has 0 bridgehead atoms. The van der Waals surface area contributed by atoms with Crippen LogP contribution in [-0.4, -0.2) is 78.6 Å². The fraction of sp³-hybridized carbons (Fsp3) is 0.455. The van der Waals surface area contributed by atoms with Gasteiger partial charge in [-0.2, -0.15) is 0 Å². The number of hydrogen-bond donors (Lipinski definition) is 0. The fourth-order valence-electron chi connectivity index (χ4n) is 5.07. The highest BCUT2D eigenvalue weighted by molar-refractivity contribution is 5.28. The second-order valence-corrected chi connectivity index (χ2v) is 10.3. The molecule has 2 fully saturated rings. The Bertz CT molecular complexity index is 1230. The molecule has 10 heteroatoms. The lowest BCUT2D eigenvalue weighted by atomic mass is 9.98. The van der Waals surface area contributed by atoms with Crippen LogP contribution in [0.25, 0.3) is 0 Å². The second-order valence-electron chi connectivity index (χ2n) is 10.3. The molecule has 6 atom stereocenters. The molecule has 0 radical (unpaired) electrons. The van der Waals surface area contributed by atoms with Crippen molar-refractivity contribution in [2.24, 2.45) is 0 Å². The zero-order valence-corrected chi connectivity index (χ0v) is 25.0. The summed E-state index contributed by atoms with van der Waals surface area (Å²) < 4.78 is 59.2. The predicted octanol–water partition coefficient (Wildman–Crippen LogP) is 4.51. The van der Waals surface area contributed by atoms with Gasteiger partial charge in [-0.15, -0.1) is 0 Å². The van der Waals surface area contributed by atoms with Crippen molar-refractivity contribution in [3.8, 4) is 17.2 Å². The molecule has 3 aromatic carbocycles. The molecule has 43 heavy (non-hydrogen) atoms. The second kappa shape index (κ2) is 15.5. The van der Waals surface area contributed by atoms with Crippen LogP contribution in [0.15, 0.2) is 72.8 Å². The fourth-order valence-corrected chi connectivity index (χ4v) is 5.07. The molecule has 0 saturated carbocycles. The van der Waals surface area contributed by atoms with Crippen molar-refractivity contribution < 1.29 is 47.4 Å². The Hall–Kier alpha value is -3.22. The van der Waals surface area contributed by atoms with Gasteiger partial charge in [-0.05, 0) is 53.1 Å². The van der Waals surface area contributed by atoms with Gasteiger partial charge in [0.05, 0.1) is 54.4 Å². The molecular formula is C33H40O10. The highest BCUT2D eigenvalue weighted by atomic mass is 16.8. The van der Waals surface area contributed by atoms with Crippen LogP contribution in [0.5, 0.6) is 17.2 Å². The molecule has 0 N–H and O–H groups in total. The smallest absolute Gasteiger partial charge is 0.190 e. The van der Waals surface area contributed by atoms with E-state index >= 15 is 0 Å². The molecule has 5 rings (SSSR count). The molecule has 2 aliphatic rings. The Morgan fingerprint density at radius 3 is 1.51 bits per heavy atom. The molecule has 2 saturated heterocycles. The zero-order chi connectivity index (χ0) is 30.0. The van der Waals surface area contributed by atoms with Gasteiger partial charge in [0.25, 0.3) is 0 Å². The van der Waals surface area contributed by atoms with Gasteiger partial charge in [0.2, 0.25) is 0 Å². The molecule has 0 amide bonds. The molecule has 2 heterocycles. The van der Waals surface area contributed by atoms with E-state index in [0.29, 0.717) is 19.8 Å². The Balaban J connectivity index is 1.34. The number of benzene rings is 3. The normalized spacial score (nSPS) is 24.8. The SMILES string of the molecule is COCC1O[C@H]2O[C@H](COCc3ccc(OC)cc3)[C@@H](OCc3ccc(OC)cc3)[C@H](OCc3ccc(OC)cc3)[C@H]2O1. The van der Waals surface area contributed by atoms with Crippen LogP contribution >= 0.6 is 0 Å². The first-order chi connectivity index (χ1) is 21.1. The van der Waals surface area contributed by atoms with Crippen LogP contribution in [0.4, 0.5) is 0 Å². The molecule has 1 unspecified atom stereocenters. The number of methoxy groups -OCH3 is 4. The average molecular weight is 597 g/mol. The van der Waals surface area contributed by atoms with E-state index in [1.807, 2.05) is 72.8 Å². The minimum absolute atomic E-state index is 0.253. The molecular weight excluding hydrogens is 556 g/mol. The molecule has 0 aromatic heterocycles. The van der Waals surface area contributed by atoms with E-state index in [2.05, 4.69) is 0 Å². The molecule has 232 valence electrons. The van der Waals surface area contributed by atoms with Crippen molar-refractivity contribution in [1.82, 2.24) is 0 Å². The number of rotatable bonds is 15. The number of ether oxygens (including phenoxy) is 10. The predicted molar refractivity (Wildman–Crippen MR) is 156 cm³/mol. The van der Waals surface area contributed by atoms with Crippen molar-refractivity contribution >= 4 is 0 Å². The third kappa shape index (κ3) is 8.24. The van der Waals surface area contributed by atoms with Gasteiger partial charge in [0, 0.05) is 7.11 Å². The summed E-state index contributed by atoms with van der Waals surface area (Å²) in [5, 5.41) is 0. The molecule has 0 aliphatic carbocycles. The van der Waals surface area contributed by atoms with Gasteiger partial charge in [0.15, 0.2) is 12.6 Å². The number of hydrogen-bond acceptors (Lipinski definition) is 10. The largest absolute Gasteiger partial charge is 0.497 e. The van der Waals surface area contributed by atoms with Gasteiger partial charge in [-0.3, -0.25) is 0 Å².